The van der Waals surface area contributed by atoms with Crippen molar-refractivity contribution in [3.05, 3.63) is 57.6 Å². The maximum absolute atomic E-state index is 9.35. The molecular weight excluding hydrogens is 382 g/mol. The number of aryl methyl sites for hydroxylation is 1. The molecule has 0 aliphatic heterocycles. The first-order valence-electron chi connectivity index (χ1n) is 8.52. The summed E-state index contributed by atoms with van der Waals surface area (Å²) in [7, 11) is 0. The van der Waals surface area contributed by atoms with Gasteiger partial charge in [0.1, 0.15) is 6.61 Å². The summed E-state index contributed by atoms with van der Waals surface area (Å²) in [6, 6.07) is 12.2. The normalized spacial score (nSPS) is 12.0. The lowest BCUT2D eigenvalue weighted by molar-refractivity contribution is 0.191. The zero-order chi connectivity index (χ0) is 18.2. The Hall–Kier alpha value is -1.56. The van der Waals surface area contributed by atoms with Crippen LogP contribution in [0.15, 0.2) is 40.9 Å². The van der Waals surface area contributed by atoms with Gasteiger partial charge >= 0.3 is 0 Å². The summed E-state index contributed by atoms with van der Waals surface area (Å²) in [5.41, 5.74) is 3.43. The number of aliphatic hydroxyl groups is 1. The minimum atomic E-state index is -0.369. The lowest BCUT2D eigenvalue weighted by Gasteiger charge is -2.16. The van der Waals surface area contributed by atoms with Crippen LogP contribution in [0.2, 0.25) is 0 Å². The molecule has 2 N–H and O–H groups in total. The van der Waals surface area contributed by atoms with Crippen LogP contribution in [0, 0.1) is 6.92 Å². The molecule has 2 aromatic carbocycles. The van der Waals surface area contributed by atoms with E-state index < -0.39 is 0 Å². The third kappa shape index (κ3) is 6.03. The van der Waals surface area contributed by atoms with Gasteiger partial charge in [0.05, 0.1) is 17.2 Å². The van der Waals surface area contributed by atoms with E-state index in [1.54, 1.807) is 6.92 Å². The van der Waals surface area contributed by atoms with Crippen molar-refractivity contribution < 1.29 is 14.6 Å². The van der Waals surface area contributed by atoms with Crippen molar-refractivity contribution in [3.63, 3.8) is 0 Å². The van der Waals surface area contributed by atoms with Crippen LogP contribution in [0.3, 0.4) is 0 Å². The fourth-order valence-electron chi connectivity index (χ4n) is 2.47. The predicted molar refractivity (Wildman–Crippen MR) is 104 cm³/mol. The molecule has 0 bridgehead atoms. The number of ether oxygens (including phenoxy) is 2. The Kier molecular flexibility index (Phi) is 7.75. The number of benzene rings is 2. The molecule has 25 heavy (non-hydrogen) atoms. The van der Waals surface area contributed by atoms with Gasteiger partial charge in [0.2, 0.25) is 0 Å². The number of nitrogens with one attached hydrogen (secondary N) is 1. The molecule has 0 saturated carbocycles. The van der Waals surface area contributed by atoms with Crippen LogP contribution in [0.4, 0.5) is 0 Å². The highest BCUT2D eigenvalue weighted by molar-refractivity contribution is 9.10. The van der Waals surface area contributed by atoms with Gasteiger partial charge in [-0.15, -0.1) is 0 Å². The largest absolute Gasteiger partial charge is 0.490 e. The van der Waals surface area contributed by atoms with E-state index in [-0.39, 0.29) is 6.10 Å². The lowest BCUT2D eigenvalue weighted by atomic mass is 10.1. The number of rotatable bonds is 9. The topological polar surface area (TPSA) is 50.7 Å². The smallest absolute Gasteiger partial charge is 0.175 e. The van der Waals surface area contributed by atoms with Gasteiger partial charge < -0.3 is 19.9 Å². The maximum Gasteiger partial charge on any atom is 0.175 e. The second-order valence-corrected chi connectivity index (χ2v) is 6.89. The van der Waals surface area contributed by atoms with Crippen molar-refractivity contribution in [1.29, 1.82) is 0 Å². The van der Waals surface area contributed by atoms with E-state index in [4.69, 9.17) is 9.47 Å². The van der Waals surface area contributed by atoms with Crippen molar-refractivity contribution in [2.24, 2.45) is 0 Å². The molecule has 0 heterocycles. The predicted octanol–water partition coefficient (Wildman–Crippen LogP) is 4.21. The fourth-order valence-corrected chi connectivity index (χ4v) is 3.08. The quantitative estimate of drug-likeness (QED) is 0.653. The van der Waals surface area contributed by atoms with Gasteiger partial charge in [-0.05, 0) is 65.5 Å². The summed E-state index contributed by atoms with van der Waals surface area (Å²) in [5.74, 6) is 1.43. The first-order valence-corrected chi connectivity index (χ1v) is 9.31. The van der Waals surface area contributed by atoms with Crippen molar-refractivity contribution in [3.8, 4) is 11.5 Å². The molecule has 0 spiro atoms. The molecule has 0 aliphatic rings. The van der Waals surface area contributed by atoms with Crippen LogP contribution in [0.25, 0.3) is 0 Å². The molecule has 0 aliphatic carbocycles. The van der Waals surface area contributed by atoms with Gasteiger partial charge in [-0.1, -0.05) is 24.3 Å². The summed E-state index contributed by atoms with van der Waals surface area (Å²) in [4.78, 5) is 0. The van der Waals surface area contributed by atoms with E-state index >= 15 is 0 Å². The lowest BCUT2D eigenvalue weighted by Crippen LogP contribution is -2.23. The highest BCUT2D eigenvalue weighted by Crippen LogP contribution is 2.37. The van der Waals surface area contributed by atoms with Crippen LogP contribution in [-0.2, 0) is 13.2 Å². The van der Waals surface area contributed by atoms with E-state index in [0.717, 1.165) is 21.3 Å². The molecule has 0 aromatic heterocycles. The van der Waals surface area contributed by atoms with Crippen LogP contribution >= 0.6 is 15.9 Å². The molecule has 136 valence electrons. The number of hydrogen-bond donors (Lipinski definition) is 2. The van der Waals surface area contributed by atoms with Gasteiger partial charge in [0.25, 0.3) is 0 Å². The van der Waals surface area contributed by atoms with Crippen LogP contribution in [0.1, 0.15) is 30.5 Å². The first kappa shape index (κ1) is 19.8. The van der Waals surface area contributed by atoms with Crippen LogP contribution < -0.4 is 14.8 Å². The third-order valence-corrected chi connectivity index (χ3v) is 4.36. The molecular formula is C20H26BrNO3. The summed E-state index contributed by atoms with van der Waals surface area (Å²) >= 11 is 3.60. The highest BCUT2D eigenvalue weighted by Gasteiger charge is 2.13. The Morgan fingerprint density at radius 3 is 2.64 bits per heavy atom. The number of halogens is 1. The zero-order valence-electron chi connectivity index (χ0n) is 15.0. The minimum Gasteiger partial charge on any atom is -0.490 e. The summed E-state index contributed by atoms with van der Waals surface area (Å²) in [6.07, 6.45) is -0.369. The standard InChI is InChI=1S/C20H26BrNO3/c1-4-24-19-10-16(12-22-11-15(3)23)9-18(21)20(19)25-13-17-8-6-5-7-14(17)2/h5-10,15,22-23H,4,11-13H2,1-3H3. The Balaban J connectivity index is 2.14. The Morgan fingerprint density at radius 2 is 1.96 bits per heavy atom. The summed E-state index contributed by atoms with van der Waals surface area (Å²) in [5, 5.41) is 12.6. The van der Waals surface area contributed by atoms with Crippen molar-refractivity contribution in [1.82, 2.24) is 5.32 Å². The highest BCUT2D eigenvalue weighted by atomic mass is 79.9. The second-order valence-electron chi connectivity index (χ2n) is 6.03. The Labute approximate surface area is 158 Å². The number of hydrogen-bond acceptors (Lipinski definition) is 4. The maximum atomic E-state index is 9.35. The van der Waals surface area contributed by atoms with Gasteiger partial charge in [-0.25, -0.2) is 0 Å². The molecule has 2 rings (SSSR count). The second kappa shape index (κ2) is 9.80. The molecule has 1 unspecified atom stereocenters. The monoisotopic (exact) mass is 407 g/mol. The molecule has 5 heteroatoms. The van der Waals surface area contributed by atoms with Crippen molar-refractivity contribution in [2.75, 3.05) is 13.2 Å². The molecule has 4 nitrogen and oxygen atoms in total. The number of aliphatic hydroxyl groups excluding tert-OH is 1. The average molecular weight is 408 g/mol. The molecule has 1 atom stereocenters. The van der Waals surface area contributed by atoms with E-state index in [2.05, 4.69) is 40.3 Å². The molecule has 0 fully saturated rings. The minimum absolute atomic E-state index is 0.369. The summed E-state index contributed by atoms with van der Waals surface area (Å²) < 4.78 is 12.7. The van der Waals surface area contributed by atoms with Crippen LogP contribution in [0.5, 0.6) is 11.5 Å². The zero-order valence-corrected chi connectivity index (χ0v) is 16.6. The molecule has 0 amide bonds. The Bertz CT molecular complexity index is 689. The average Bonchev–Trinajstić information content (AvgIpc) is 2.55. The Morgan fingerprint density at radius 1 is 1.20 bits per heavy atom. The molecule has 0 radical (unpaired) electrons. The molecule has 2 aromatic rings. The van der Waals surface area contributed by atoms with E-state index in [1.807, 2.05) is 31.2 Å². The van der Waals surface area contributed by atoms with Gasteiger partial charge in [-0.3, -0.25) is 0 Å². The van der Waals surface area contributed by atoms with Crippen molar-refractivity contribution in [2.45, 2.75) is 40.0 Å². The SMILES string of the molecule is CCOc1cc(CNCC(C)O)cc(Br)c1OCc1ccccc1C. The van der Waals surface area contributed by atoms with E-state index in [9.17, 15) is 5.11 Å². The fraction of sp³-hybridized carbons (Fsp3) is 0.400. The molecule has 0 saturated heterocycles. The van der Waals surface area contributed by atoms with Crippen molar-refractivity contribution >= 4 is 15.9 Å². The van der Waals surface area contributed by atoms with E-state index in [1.165, 1.54) is 5.56 Å². The first-order chi connectivity index (χ1) is 12.0. The summed E-state index contributed by atoms with van der Waals surface area (Å²) in [6.45, 7) is 8.06. The van der Waals surface area contributed by atoms with Gasteiger partial charge in [-0.2, -0.15) is 0 Å². The van der Waals surface area contributed by atoms with Gasteiger partial charge in [0, 0.05) is 13.1 Å². The third-order valence-electron chi connectivity index (χ3n) is 3.77. The van der Waals surface area contributed by atoms with Gasteiger partial charge in [0.15, 0.2) is 11.5 Å². The van der Waals surface area contributed by atoms with Crippen LogP contribution in [-0.4, -0.2) is 24.4 Å². The van der Waals surface area contributed by atoms with E-state index in [0.29, 0.717) is 32.1 Å².